The lowest BCUT2D eigenvalue weighted by molar-refractivity contribution is 0.0903. The summed E-state index contributed by atoms with van der Waals surface area (Å²) in [7, 11) is 0. The first-order valence-electron chi connectivity index (χ1n) is 6.73. The number of aromatic amines is 1. The molecule has 1 unspecified atom stereocenters. The SMILES string of the molecule is Cc1nc(-c2c[nH]c(C(=O)NC(CO)c3ccco3)c2)cs1. The van der Waals surface area contributed by atoms with E-state index >= 15 is 0 Å². The first-order chi connectivity index (χ1) is 10.7. The highest BCUT2D eigenvalue weighted by molar-refractivity contribution is 7.09. The monoisotopic (exact) mass is 317 g/mol. The number of hydrogen-bond donors (Lipinski definition) is 3. The molecule has 0 radical (unpaired) electrons. The minimum Gasteiger partial charge on any atom is -0.467 e. The van der Waals surface area contributed by atoms with E-state index in [4.69, 9.17) is 4.42 Å². The number of aliphatic hydroxyl groups is 1. The highest BCUT2D eigenvalue weighted by atomic mass is 32.1. The van der Waals surface area contributed by atoms with Crippen molar-refractivity contribution in [2.75, 3.05) is 6.61 Å². The van der Waals surface area contributed by atoms with Gasteiger partial charge >= 0.3 is 0 Å². The molecule has 3 aromatic heterocycles. The van der Waals surface area contributed by atoms with Gasteiger partial charge in [-0.2, -0.15) is 0 Å². The summed E-state index contributed by atoms with van der Waals surface area (Å²) in [6.07, 6.45) is 3.24. The van der Waals surface area contributed by atoms with E-state index in [0.29, 0.717) is 11.5 Å². The van der Waals surface area contributed by atoms with Crippen LogP contribution in [-0.4, -0.2) is 27.6 Å². The molecule has 22 heavy (non-hydrogen) atoms. The van der Waals surface area contributed by atoms with Crippen molar-refractivity contribution in [1.82, 2.24) is 15.3 Å². The highest BCUT2D eigenvalue weighted by Gasteiger charge is 2.18. The third-order valence-electron chi connectivity index (χ3n) is 3.22. The number of carbonyl (C=O) groups excluding carboxylic acids is 1. The number of furan rings is 1. The second kappa shape index (κ2) is 6.17. The molecule has 3 aromatic rings. The van der Waals surface area contributed by atoms with Gasteiger partial charge in [0.25, 0.3) is 5.91 Å². The molecule has 1 amide bonds. The predicted molar refractivity (Wildman–Crippen MR) is 82.6 cm³/mol. The lowest BCUT2D eigenvalue weighted by atomic mass is 10.2. The fraction of sp³-hybridized carbons (Fsp3) is 0.200. The molecule has 0 saturated heterocycles. The standard InChI is InChI=1S/C15H15N3O3S/c1-9-17-13(8-22-9)10-5-11(16-6-10)15(20)18-12(7-19)14-3-2-4-21-14/h2-6,8,12,16,19H,7H2,1H3,(H,18,20). The number of rotatable bonds is 5. The minimum absolute atomic E-state index is 0.238. The summed E-state index contributed by atoms with van der Waals surface area (Å²) in [6, 6.07) is 4.58. The van der Waals surface area contributed by atoms with Gasteiger partial charge in [-0.3, -0.25) is 4.79 Å². The average molecular weight is 317 g/mol. The molecule has 3 heterocycles. The van der Waals surface area contributed by atoms with Gasteiger partial charge in [0.1, 0.15) is 17.5 Å². The van der Waals surface area contributed by atoms with Crippen LogP contribution < -0.4 is 5.32 Å². The maximum atomic E-state index is 12.2. The van der Waals surface area contributed by atoms with Crippen LogP contribution in [0.25, 0.3) is 11.3 Å². The van der Waals surface area contributed by atoms with Crippen molar-refractivity contribution in [2.24, 2.45) is 0 Å². The molecular weight excluding hydrogens is 302 g/mol. The average Bonchev–Trinajstić information content (AvgIpc) is 3.24. The second-order valence-corrected chi connectivity index (χ2v) is 5.84. The number of aliphatic hydroxyl groups excluding tert-OH is 1. The third-order valence-corrected chi connectivity index (χ3v) is 3.99. The Morgan fingerprint density at radius 1 is 1.59 bits per heavy atom. The summed E-state index contributed by atoms with van der Waals surface area (Å²) < 4.78 is 5.21. The van der Waals surface area contributed by atoms with E-state index in [1.165, 1.54) is 6.26 Å². The van der Waals surface area contributed by atoms with Crippen molar-refractivity contribution in [3.05, 3.63) is 52.5 Å². The predicted octanol–water partition coefficient (Wildman–Crippen LogP) is 2.50. The van der Waals surface area contributed by atoms with Gasteiger partial charge in [-0.05, 0) is 25.1 Å². The summed E-state index contributed by atoms with van der Waals surface area (Å²) in [5.74, 6) is 0.200. The fourth-order valence-electron chi connectivity index (χ4n) is 2.10. The van der Waals surface area contributed by atoms with E-state index < -0.39 is 6.04 Å². The first-order valence-corrected chi connectivity index (χ1v) is 7.61. The molecule has 0 bridgehead atoms. The Morgan fingerprint density at radius 2 is 2.45 bits per heavy atom. The van der Waals surface area contributed by atoms with Gasteiger partial charge < -0.3 is 19.8 Å². The van der Waals surface area contributed by atoms with Gasteiger partial charge in [-0.25, -0.2) is 4.98 Å². The first kappa shape index (κ1) is 14.6. The normalized spacial score (nSPS) is 12.3. The Labute approximate surface area is 130 Å². The number of amides is 1. The number of H-pyrrole nitrogens is 1. The molecule has 0 aliphatic heterocycles. The zero-order valence-corrected chi connectivity index (χ0v) is 12.7. The van der Waals surface area contributed by atoms with E-state index in [9.17, 15) is 9.90 Å². The Balaban J connectivity index is 1.74. The maximum absolute atomic E-state index is 12.2. The highest BCUT2D eigenvalue weighted by Crippen LogP contribution is 2.22. The van der Waals surface area contributed by atoms with Crippen molar-refractivity contribution >= 4 is 17.2 Å². The molecule has 1 atom stereocenters. The van der Waals surface area contributed by atoms with Crippen molar-refractivity contribution in [1.29, 1.82) is 0 Å². The van der Waals surface area contributed by atoms with Crippen LogP contribution in [0.1, 0.15) is 27.3 Å². The Kier molecular flexibility index (Phi) is 4.08. The summed E-state index contributed by atoms with van der Waals surface area (Å²) >= 11 is 1.56. The van der Waals surface area contributed by atoms with Crippen molar-refractivity contribution in [3.63, 3.8) is 0 Å². The third kappa shape index (κ3) is 2.95. The molecule has 7 heteroatoms. The van der Waals surface area contributed by atoms with Crippen LogP contribution in [0.5, 0.6) is 0 Å². The summed E-state index contributed by atoms with van der Waals surface area (Å²) in [6.45, 7) is 1.70. The Morgan fingerprint density at radius 3 is 3.09 bits per heavy atom. The zero-order valence-electron chi connectivity index (χ0n) is 11.9. The molecule has 3 rings (SSSR count). The molecule has 0 fully saturated rings. The van der Waals surface area contributed by atoms with Crippen LogP contribution in [0.15, 0.2) is 40.5 Å². The van der Waals surface area contributed by atoms with E-state index in [1.807, 2.05) is 12.3 Å². The Bertz CT molecular complexity index is 761. The zero-order chi connectivity index (χ0) is 15.5. The maximum Gasteiger partial charge on any atom is 0.268 e. The van der Waals surface area contributed by atoms with E-state index in [-0.39, 0.29) is 12.5 Å². The van der Waals surface area contributed by atoms with Crippen molar-refractivity contribution < 1.29 is 14.3 Å². The number of aromatic nitrogens is 2. The molecule has 0 aromatic carbocycles. The summed E-state index contributed by atoms with van der Waals surface area (Å²) in [5.41, 5.74) is 2.10. The van der Waals surface area contributed by atoms with E-state index in [0.717, 1.165) is 16.3 Å². The van der Waals surface area contributed by atoms with E-state index in [1.54, 1.807) is 35.7 Å². The van der Waals surface area contributed by atoms with E-state index in [2.05, 4.69) is 15.3 Å². The lowest BCUT2D eigenvalue weighted by Gasteiger charge is -2.12. The Hall–Kier alpha value is -2.38. The quantitative estimate of drug-likeness (QED) is 0.674. The van der Waals surface area contributed by atoms with Crippen LogP contribution in [0, 0.1) is 6.92 Å². The molecule has 6 nitrogen and oxygen atoms in total. The van der Waals surface area contributed by atoms with Gasteiger partial charge in [0.2, 0.25) is 0 Å². The van der Waals surface area contributed by atoms with Crippen molar-refractivity contribution in [2.45, 2.75) is 13.0 Å². The second-order valence-electron chi connectivity index (χ2n) is 4.78. The molecule has 114 valence electrons. The summed E-state index contributed by atoms with van der Waals surface area (Å²) in [4.78, 5) is 19.6. The van der Waals surface area contributed by atoms with Crippen LogP contribution in [-0.2, 0) is 0 Å². The molecule has 0 aliphatic carbocycles. The van der Waals surface area contributed by atoms with Gasteiger partial charge in [0.15, 0.2) is 0 Å². The number of hydrogen-bond acceptors (Lipinski definition) is 5. The van der Waals surface area contributed by atoms with Crippen molar-refractivity contribution in [3.8, 4) is 11.3 Å². The van der Waals surface area contributed by atoms with Crippen LogP contribution in [0.2, 0.25) is 0 Å². The number of nitrogens with zero attached hydrogens (tertiary/aromatic N) is 1. The minimum atomic E-state index is -0.573. The number of carbonyl (C=O) groups is 1. The largest absolute Gasteiger partial charge is 0.467 e. The van der Waals surface area contributed by atoms with Gasteiger partial charge in [-0.1, -0.05) is 0 Å². The fourth-order valence-corrected chi connectivity index (χ4v) is 2.72. The van der Waals surface area contributed by atoms with Gasteiger partial charge in [-0.15, -0.1) is 11.3 Å². The number of aryl methyl sites for hydroxylation is 1. The molecule has 3 N–H and O–H groups in total. The van der Waals surface area contributed by atoms with Crippen LogP contribution in [0.3, 0.4) is 0 Å². The molecule has 0 saturated carbocycles. The molecule has 0 spiro atoms. The topological polar surface area (TPSA) is 91.2 Å². The van der Waals surface area contributed by atoms with Gasteiger partial charge in [0.05, 0.1) is 23.6 Å². The van der Waals surface area contributed by atoms with Crippen LogP contribution >= 0.6 is 11.3 Å². The number of thiazole rings is 1. The molecular formula is C15H15N3O3S. The molecule has 0 aliphatic rings. The summed E-state index contributed by atoms with van der Waals surface area (Å²) in [5, 5.41) is 15.0. The number of nitrogens with one attached hydrogen (secondary N) is 2. The van der Waals surface area contributed by atoms with Crippen LogP contribution in [0.4, 0.5) is 0 Å². The smallest absolute Gasteiger partial charge is 0.268 e. The van der Waals surface area contributed by atoms with Gasteiger partial charge in [0, 0.05) is 17.1 Å². The lowest BCUT2D eigenvalue weighted by Crippen LogP contribution is -2.30.